The Bertz CT molecular complexity index is 649. The minimum atomic E-state index is -0.732. The number of nitrogens with zero attached hydrogens (tertiary/aromatic N) is 3. The summed E-state index contributed by atoms with van der Waals surface area (Å²) in [7, 11) is 0. The fourth-order valence-electron chi connectivity index (χ4n) is 2.31. The Morgan fingerprint density at radius 2 is 2.21 bits per heavy atom. The largest absolute Gasteiger partial charge is 0.474 e. The number of anilines is 1. The zero-order chi connectivity index (χ0) is 17.7. The molecular weight excluding hydrogens is 316 g/mol. The number of nitro groups is 1. The highest BCUT2D eigenvalue weighted by Gasteiger charge is 2.39. The summed E-state index contributed by atoms with van der Waals surface area (Å²) in [6.07, 6.45) is 1.46. The molecule has 2 rings (SSSR count). The van der Waals surface area contributed by atoms with E-state index >= 15 is 0 Å². The van der Waals surface area contributed by atoms with Crippen molar-refractivity contribution in [1.29, 1.82) is 0 Å². The molecule has 0 radical (unpaired) electrons. The molecule has 0 aliphatic carbocycles. The maximum absolute atomic E-state index is 12.5. The van der Waals surface area contributed by atoms with Gasteiger partial charge in [0.15, 0.2) is 11.9 Å². The summed E-state index contributed by atoms with van der Waals surface area (Å²) in [5.41, 5.74) is 0. The average Bonchev–Trinajstić information content (AvgIpc) is 2.56. The highest BCUT2D eigenvalue weighted by Crippen LogP contribution is 2.34. The van der Waals surface area contributed by atoms with Crippen molar-refractivity contribution in [3.63, 3.8) is 0 Å². The van der Waals surface area contributed by atoms with Crippen molar-refractivity contribution in [2.45, 2.75) is 39.2 Å². The lowest BCUT2D eigenvalue weighted by Gasteiger charge is -2.30. The van der Waals surface area contributed by atoms with Crippen LogP contribution in [0.5, 0.6) is 5.75 Å². The van der Waals surface area contributed by atoms with Gasteiger partial charge in [-0.15, -0.1) is 0 Å². The Kier molecular flexibility index (Phi) is 5.67. The number of pyridine rings is 1. The van der Waals surface area contributed by atoms with Gasteiger partial charge in [-0.05, 0) is 28.8 Å². The molecule has 2 heterocycles. The number of amides is 2. The van der Waals surface area contributed by atoms with Crippen molar-refractivity contribution in [2.24, 2.45) is 0 Å². The van der Waals surface area contributed by atoms with Crippen molar-refractivity contribution < 1.29 is 19.2 Å². The van der Waals surface area contributed by atoms with Gasteiger partial charge in [-0.1, -0.05) is 20.3 Å². The fraction of sp³-hybridized carbons (Fsp3) is 0.533. The predicted molar refractivity (Wildman–Crippen MR) is 85.9 cm³/mol. The Hall–Kier alpha value is -2.71. The molecule has 0 fully saturated rings. The Morgan fingerprint density at radius 3 is 2.83 bits per heavy atom. The van der Waals surface area contributed by atoms with Gasteiger partial charge in [0, 0.05) is 12.6 Å². The molecule has 1 atom stereocenters. The van der Waals surface area contributed by atoms with Gasteiger partial charge in [0.2, 0.25) is 5.91 Å². The van der Waals surface area contributed by atoms with Crippen LogP contribution >= 0.6 is 0 Å². The second kappa shape index (κ2) is 7.71. The SMILES string of the molecule is CCCCNC(=O)CN1C(=O)C(CC)Oc2ccc([N+](=O)[O-])nc21. The van der Waals surface area contributed by atoms with Gasteiger partial charge in [-0.3, -0.25) is 14.5 Å². The van der Waals surface area contributed by atoms with E-state index in [1.54, 1.807) is 6.92 Å². The molecule has 0 bridgehead atoms. The minimum Gasteiger partial charge on any atom is -0.474 e. The summed E-state index contributed by atoms with van der Waals surface area (Å²) < 4.78 is 5.53. The van der Waals surface area contributed by atoms with Crippen LogP contribution in [0.4, 0.5) is 11.6 Å². The summed E-state index contributed by atoms with van der Waals surface area (Å²) in [5, 5.41) is 13.6. The lowest BCUT2D eigenvalue weighted by atomic mass is 10.2. The molecule has 24 heavy (non-hydrogen) atoms. The van der Waals surface area contributed by atoms with E-state index in [2.05, 4.69) is 10.3 Å². The second-order valence-electron chi connectivity index (χ2n) is 5.39. The Balaban J connectivity index is 2.27. The lowest BCUT2D eigenvalue weighted by molar-refractivity contribution is -0.389. The average molecular weight is 336 g/mol. The van der Waals surface area contributed by atoms with E-state index in [4.69, 9.17) is 4.74 Å². The molecule has 9 nitrogen and oxygen atoms in total. The van der Waals surface area contributed by atoms with Crippen molar-refractivity contribution in [1.82, 2.24) is 10.3 Å². The molecule has 1 N–H and O–H groups in total. The normalized spacial score (nSPS) is 16.3. The number of ether oxygens (including phenoxy) is 1. The zero-order valence-corrected chi connectivity index (χ0v) is 13.7. The highest BCUT2D eigenvalue weighted by atomic mass is 16.6. The zero-order valence-electron chi connectivity index (χ0n) is 13.7. The molecule has 0 saturated heterocycles. The standard InChI is InChI=1S/C15H20N4O5/c1-3-5-8-16-13(20)9-18-14-11(24-10(4-2)15(18)21)6-7-12(17-14)19(22)23/h6-7,10H,3-5,8-9H2,1-2H3,(H,16,20). The number of nitrogens with one attached hydrogen (secondary N) is 1. The topological polar surface area (TPSA) is 115 Å². The first kappa shape index (κ1) is 17.6. The molecule has 9 heteroatoms. The molecule has 0 aromatic carbocycles. The first-order valence-corrected chi connectivity index (χ1v) is 7.88. The monoisotopic (exact) mass is 336 g/mol. The molecule has 1 unspecified atom stereocenters. The lowest BCUT2D eigenvalue weighted by Crippen LogP contribution is -2.50. The van der Waals surface area contributed by atoms with Gasteiger partial charge in [-0.25, -0.2) is 0 Å². The molecule has 0 spiro atoms. The molecule has 130 valence electrons. The molecule has 2 amide bonds. The molecule has 1 aromatic heterocycles. The van der Waals surface area contributed by atoms with Crippen LogP contribution in [-0.4, -0.2) is 40.9 Å². The Labute approximate surface area is 139 Å². The van der Waals surface area contributed by atoms with Crippen molar-refractivity contribution in [3.8, 4) is 5.75 Å². The third kappa shape index (κ3) is 3.79. The number of carbonyl (C=O) groups excluding carboxylic acids is 2. The minimum absolute atomic E-state index is 0.00421. The van der Waals surface area contributed by atoms with E-state index in [1.807, 2.05) is 6.92 Å². The summed E-state index contributed by atoms with van der Waals surface area (Å²) in [6, 6.07) is 2.61. The van der Waals surface area contributed by atoms with Crippen LogP contribution in [0.3, 0.4) is 0 Å². The van der Waals surface area contributed by atoms with Gasteiger partial charge in [-0.2, -0.15) is 0 Å². The summed E-state index contributed by atoms with van der Waals surface area (Å²) in [4.78, 5) is 39.8. The second-order valence-corrected chi connectivity index (χ2v) is 5.39. The first-order chi connectivity index (χ1) is 11.5. The highest BCUT2D eigenvalue weighted by molar-refractivity contribution is 6.03. The number of unbranched alkanes of at least 4 members (excludes halogenated alkanes) is 1. The van der Waals surface area contributed by atoms with Gasteiger partial charge in [0.05, 0.1) is 0 Å². The van der Waals surface area contributed by atoms with Crippen LogP contribution in [0.15, 0.2) is 12.1 Å². The summed E-state index contributed by atoms with van der Waals surface area (Å²) in [6.45, 7) is 4.05. The van der Waals surface area contributed by atoms with Gasteiger partial charge in [0.25, 0.3) is 11.7 Å². The van der Waals surface area contributed by atoms with Gasteiger partial charge >= 0.3 is 5.82 Å². The number of fused-ring (bicyclic) bond motifs is 1. The quantitative estimate of drug-likeness (QED) is 0.457. The molecule has 0 saturated carbocycles. The number of carbonyl (C=O) groups is 2. The number of hydrogen-bond acceptors (Lipinski definition) is 6. The van der Waals surface area contributed by atoms with Gasteiger partial charge in [0.1, 0.15) is 6.54 Å². The maximum atomic E-state index is 12.5. The summed E-state index contributed by atoms with van der Waals surface area (Å²) in [5.74, 6) is -0.911. The number of hydrogen-bond donors (Lipinski definition) is 1. The van der Waals surface area contributed by atoms with E-state index in [-0.39, 0.29) is 24.0 Å². The molecule has 1 aliphatic rings. The smallest absolute Gasteiger partial charge is 0.366 e. The van der Waals surface area contributed by atoms with Crippen LogP contribution < -0.4 is 15.0 Å². The van der Waals surface area contributed by atoms with Crippen LogP contribution in [-0.2, 0) is 9.59 Å². The fourth-order valence-corrected chi connectivity index (χ4v) is 2.31. The first-order valence-electron chi connectivity index (χ1n) is 7.88. The predicted octanol–water partition coefficient (Wildman–Crippen LogP) is 1.41. The van der Waals surface area contributed by atoms with Crippen molar-refractivity contribution >= 4 is 23.5 Å². The third-order valence-electron chi connectivity index (χ3n) is 3.60. The molecule has 1 aliphatic heterocycles. The number of rotatable bonds is 7. The number of aromatic nitrogens is 1. The van der Waals surface area contributed by atoms with E-state index in [1.165, 1.54) is 12.1 Å². The van der Waals surface area contributed by atoms with Crippen LogP contribution in [0.2, 0.25) is 0 Å². The van der Waals surface area contributed by atoms with Crippen LogP contribution in [0.25, 0.3) is 0 Å². The Morgan fingerprint density at radius 1 is 1.46 bits per heavy atom. The van der Waals surface area contributed by atoms with E-state index in [0.29, 0.717) is 13.0 Å². The van der Waals surface area contributed by atoms with Crippen molar-refractivity contribution in [2.75, 3.05) is 18.0 Å². The maximum Gasteiger partial charge on any atom is 0.366 e. The van der Waals surface area contributed by atoms with Crippen molar-refractivity contribution in [3.05, 3.63) is 22.2 Å². The third-order valence-corrected chi connectivity index (χ3v) is 3.60. The summed E-state index contributed by atoms with van der Waals surface area (Å²) >= 11 is 0. The van der Waals surface area contributed by atoms with Crippen LogP contribution in [0.1, 0.15) is 33.1 Å². The van der Waals surface area contributed by atoms with Gasteiger partial charge < -0.3 is 20.2 Å². The van der Waals surface area contributed by atoms with E-state index in [0.717, 1.165) is 17.7 Å². The van der Waals surface area contributed by atoms with E-state index < -0.39 is 22.8 Å². The molecule has 1 aromatic rings. The van der Waals surface area contributed by atoms with E-state index in [9.17, 15) is 19.7 Å². The molecular formula is C15H20N4O5. The van der Waals surface area contributed by atoms with Crippen LogP contribution in [0, 0.1) is 10.1 Å².